The number of anilines is 2. The molecule has 0 radical (unpaired) electrons. The number of carbonyl (C=O) groups excluding carboxylic acids is 1. The SMILES string of the molecule is CC(Nc1nccc(N2C(=O)OC[C@@H]2C(C)C)n1)c1ccc(Br)cc1. The standard InChI is InChI=1S/C18H21BrN4O2/c1-11(2)15-10-25-18(24)23(15)16-8-9-20-17(22-16)21-12(3)13-4-6-14(19)7-5-13/h4-9,11-12,15H,10H2,1-3H3,(H,20,21,22)/t12?,15-/m1/s1. The fourth-order valence-corrected chi connectivity index (χ4v) is 3.04. The monoisotopic (exact) mass is 404 g/mol. The van der Waals surface area contributed by atoms with Crippen LogP contribution in [0.1, 0.15) is 32.4 Å². The van der Waals surface area contributed by atoms with Crippen LogP contribution in [0.3, 0.4) is 0 Å². The zero-order valence-electron chi connectivity index (χ0n) is 14.4. The van der Waals surface area contributed by atoms with E-state index in [1.54, 1.807) is 17.2 Å². The molecule has 0 aliphatic carbocycles. The molecule has 3 rings (SSSR count). The van der Waals surface area contributed by atoms with Gasteiger partial charge in [0.2, 0.25) is 5.95 Å². The van der Waals surface area contributed by atoms with Gasteiger partial charge in [-0.05, 0) is 36.6 Å². The van der Waals surface area contributed by atoms with E-state index in [0.717, 1.165) is 10.0 Å². The predicted molar refractivity (Wildman–Crippen MR) is 101 cm³/mol. The molecule has 0 saturated carbocycles. The molecule has 1 amide bonds. The molecule has 6 nitrogen and oxygen atoms in total. The van der Waals surface area contributed by atoms with Crippen LogP contribution < -0.4 is 10.2 Å². The van der Waals surface area contributed by atoms with Gasteiger partial charge in [0.1, 0.15) is 12.4 Å². The van der Waals surface area contributed by atoms with E-state index in [1.807, 2.05) is 31.2 Å². The number of carbonyl (C=O) groups is 1. The molecular formula is C18H21BrN4O2. The van der Waals surface area contributed by atoms with Crippen molar-refractivity contribution >= 4 is 33.8 Å². The van der Waals surface area contributed by atoms with Crippen LogP contribution in [0.5, 0.6) is 0 Å². The van der Waals surface area contributed by atoms with E-state index >= 15 is 0 Å². The van der Waals surface area contributed by atoms with Crippen molar-refractivity contribution in [2.24, 2.45) is 5.92 Å². The molecule has 1 saturated heterocycles. The molecule has 1 N–H and O–H groups in total. The maximum atomic E-state index is 12.1. The predicted octanol–water partition coefficient (Wildman–Crippen LogP) is 4.39. The highest BCUT2D eigenvalue weighted by atomic mass is 79.9. The number of rotatable bonds is 5. The second kappa shape index (κ2) is 7.39. The van der Waals surface area contributed by atoms with Crippen LogP contribution in [0.25, 0.3) is 0 Å². The van der Waals surface area contributed by atoms with Gasteiger partial charge in [0.05, 0.1) is 12.1 Å². The Morgan fingerprint density at radius 3 is 2.64 bits per heavy atom. The summed E-state index contributed by atoms with van der Waals surface area (Å²) in [5.41, 5.74) is 1.12. The first-order chi connectivity index (χ1) is 12.0. The molecule has 1 aromatic heterocycles. The van der Waals surface area contributed by atoms with Gasteiger partial charge in [0.15, 0.2) is 0 Å². The van der Waals surface area contributed by atoms with Gasteiger partial charge in [0, 0.05) is 10.7 Å². The van der Waals surface area contributed by atoms with Crippen LogP contribution in [-0.4, -0.2) is 28.7 Å². The fraction of sp³-hybridized carbons (Fsp3) is 0.389. The number of ether oxygens (including phenoxy) is 1. The number of nitrogens with zero attached hydrogens (tertiary/aromatic N) is 3. The quantitative estimate of drug-likeness (QED) is 0.799. The van der Waals surface area contributed by atoms with Crippen molar-refractivity contribution in [3.05, 3.63) is 46.6 Å². The van der Waals surface area contributed by atoms with Gasteiger partial charge >= 0.3 is 6.09 Å². The molecule has 7 heteroatoms. The van der Waals surface area contributed by atoms with Gasteiger partial charge < -0.3 is 10.1 Å². The number of hydrogen-bond donors (Lipinski definition) is 1. The van der Waals surface area contributed by atoms with Crippen molar-refractivity contribution in [2.45, 2.75) is 32.9 Å². The van der Waals surface area contributed by atoms with Crippen LogP contribution >= 0.6 is 15.9 Å². The van der Waals surface area contributed by atoms with Crippen LogP contribution in [0.2, 0.25) is 0 Å². The molecule has 1 aliphatic rings. The van der Waals surface area contributed by atoms with Crippen molar-refractivity contribution in [2.75, 3.05) is 16.8 Å². The second-order valence-electron chi connectivity index (χ2n) is 6.41. The lowest BCUT2D eigenvalue weighted by atomic mass is 10.0. The number of aromatic nitrogens is 2. The highest BCUT2D eigenvalue weighted by Crippen LogP contribution is 2.26. The summed E-state index contributed by atoms with van der Waals surface area (Å²) in [4.78, 5) is 22.5. The molecule has 1 aromatic carbocycles. The van der Waals surface area contributed by atoms with E-state index in [9.17, 15) is 4.79 Å². The average Bonchev–Trinajstić information content (AvgIpc) is 2.97. The fourth-order valence-electron chi connectivity index (χ4n) is 2.77. The van der Waals surface area contributed by atoms with Gasteiger partial charge in [0.25, 0.3) is 0 Å². The number of benzene rings is 1. The number of nitrogens with one attached hydrogen (secondary N) is 1. The van der Waals surface area contributed by atoms with Crippen molar-refractivity contribution in [1.82, 2.24) is 9.97 Å². The molecule has 0 bridgehead atoms. The smallest absolute Gasteiger partial charge is 0.415 e. The summed E-state index contributed by atoms with van der Waals surface area (Å²) in [7, 11) is 0. The normalized spacial score (nSPS) is 18.4. The molecule has 1 unspecified atom stereocenters. The summed E-state index contributed by atoms with van der Waals surface area (Å²) in [6, 6.07) is 9.83. The highest BCUT2D eigenvalue weighted by Gasteiger charge is 2.37. The molecule has 2 heterocycles. The topological polar surface area (TPSA) is 67.4 Å². The Morgan fingerprint density at radius 2 is 1.96 bits per heavy atom. The average molecular weight is 405 g/mol. The number of amides is 1. The van der Waals surface area contributed by atoms with E-state index in [2.05, 4.69) is 45.1 Å². The number of halogens is 1. The molecule has 2 aromatic rings. The first-order valence-electron chi connectivity index (χ1n) is 8.26. The van der Waals surface area contributed by atoms with Crippen molar-refractivity contribution in [3.8, 4) is 0 Å². The van der Waals surface area contributed by atoms with E-state index in [0.29, 0.717) is 18.4 Å². The number of cyclic esters (lactones) is 1. The third-order valence-corrected chi connectivity index (χ3v) is 4.81. The van der Waals surface area contributed by atoms with E-state index in [4.69, 9.17) is 4.74 Å². The van der Waals surface area contributed by atoms with E-state index in [1.165, 1.54) is 0 Å². The number of hydrogen-bond acceptors (Lipinski definition) is 5. The van der Waals surface area contributed by atoms with Gasteiger partial charge in [-0.25, -0.2) is 9.78 Å². The molecular weight excluding hydrogens is 384 g/mol. The van der Waals surface area contributed by atoms with Crippen molar-refractivity contribution in [3.63, 3.8) is 0 Å². The second-order valence-corrected chi connectivity index (χ2v) is 7.33. The van der Waals surface area contributed by atoms with Gasteiger partial charge in [-0.2, -0.15) is 4.98 Å². The lowest BCUT2D eigenvalue weighted by Gasteiger charge is -2.23. The summed E-state index contributed by atoms with van der Waals surface area (Å²) in [5.74, 6) is 1.32. The summed E-state index contributed by atoms with van der Waals surface area (Å²) < 4.78 is 6.23. The summed E-state index contributed by atoms with van der Waals surface area (Å²) >= 11 is 3.44. The van der Waals surface area contributed by atoms with Crippen LogP contribution in [-0.2, 0) is 4.74 Å². The van der Waals surface area contributed by atoms with Gasteiger partial charge in [-0.1, -0.05) is 41.9 Å². The minimum atomic E-state index is -0.357. The Labute approximate surface area is 155 Å². The molecule has 1 aliphatic heterocycles. The highest BCUT2D eigenvalue weighted by molar-refractivity contribution is 9.10. The summed E-state index contributed by atoms with van der Waals surface area (Å²) in [6.45, 7) is 6.56. The Bertz CT molecular complexity index is 751. The van der Waals surface area contributed by atoms with Gasteiger partial charge in [-0.15, -0.1) is 0 Å². The largest absolute Gasteiger partial charge is 0.447 e. The molecule has 132 valence electrons. The van der Waals surface area contributed by atoms with Gasteiger partial charge in [-0.3, -0.25) is 4.90 Å². The third-order valence-electron chi connectivity index (χ3n) is 4.28. The Balaban J connectivity index is 1.79. The van der Waals surface area contributed by atoms with Crippen LogP contribution in [0.15, 0.2) is 41.0 Å². The Morgan fingerprint density at radius 1 is 1.24 bits per heavy atom. The molecule has 2 atom stereocenters. The minimum Gasteiger partial charge on any atom is -0.447 e. The molecule has 25 heavy (non-hydrogen) atoms. The molecule has 1 fully saturated rings. The van der Waals surface area contributed by atoms with Crippen LogP contribution in [0, 0.1) is 5.92 Å². The Kier molecular flexibility index (Phi) is 5.22. The maximum Gasteiger partial charge on any atom is 0.415 e. The summed E-state index contributed by atoms with van der Waals surface area (Å²) in [6.07, 6.45) is 1.30. The first kappa shape index (κ1) is 17.7. The maximum absolute atomic E-state index is 12.1. The van der Waals surface area contributed by atoms with E-state index < -0.39 is 0 Å². The first-order valence-corrected chi connectivity index (χ1v) is 9.06. The lowest BCUT2D eigenvalue weighted by Crippen LogP contribution is -2.37. The third kappa shape index (κ3) is 3.92. The lowest BCUT2D eigenvalue weighted by molar-refractivity contribution is 0.177. The Hall–Kier alpha value is -2.15. The zero-order valence-corrected chi connectivity index (χ0v) is 16.0. The summed E-state index contributed by atoms with van der Waals surface area (Å²) in [5, 5.41) is 3.28. The van der Waals surface area contributed by atoms with E-state index in [-0.39, 0.29) is 24.1 Å². The van der Waals surface area contributed by atoms with Crippen molar-refractivity contribution < 1.29 is 9.53 Å². The van der Waals surface area contributed by atoms with Crippen LogP contribution in [0.4, 0.5) is 16.6 Å². The zero-order chi connectivity index (χ0) is 18.0. The minimum absolute atomic E-state index is 0.0147. The van der Waals surface area contributed by atoms with Crippen molar-refractivity contribution in [1.29, 1.82) is 0 Å². The molecule has 0 spiro atoms.